The van der Waals surface area contributed by atoms with Crippen LogP contribution in [0.2, 0.25) is 0 Å². The summed E-state index contributed by atoms with van der Waals surface area (Å²) in [5, 5.41) is 9.02. The number of aromatic nitrogens is 4. The number of nitrogens with zero attached hydrogens (tertiary/aromatic N) is 4. The Labute approximate surface area is 139 Å². The monoisotopic (exact) mass is 325 g/mol. The smallest absolute Gasteiger partial charge is 0.270 e. The van der Waals surface area contributed by atoms with E-state index in [1.165, 1.54) is 0 Å². The number of carbonyl (C=O) groups is 1. The predicted octanol–water partition coefficient (Wildman–Crippen LogP) is 1.82. The number of nitrogens with one attached hydrogen (secondary N) is 1. The lowest BCUT2D eigenvalue weighted by Crippen LogP contribution is -2.43. The van der Waals surface area contributed by atoms with Crippen molar-refractivity contribution in [2.24, 2.45) is 7.05 Å². The standard InChI is InChI=1S/C17H19N5O2/c1-11-3-4-12-8-14(19-13(12)7-11)17(23)22-5-6-24-15(9-22)16-20-18-10-21(16)2/h3-4,7-8,10,15,19H,5-6,9H2,1-2H3/t15-/m1/s1. The van der Waals surface area contributed by atoms with E-state index in [4.69, 9.17) is 4.74 Å². The molecular formula is C17H19N5O2. The van der Waals surface area contributed by atoms with Crippen molar-refractivity contribution in [3.05, 3.63) is 47.7 Å². The summed E-state index contributed by atoms with van der Waals surface area (Å²) in [5.41, 5.74) is 2.75. The molecule has 7 heteroatoms. The Balaban J connectivity index is 1.57. The van der Waals surface area contributed by atoms with E-state index in [1.54, 1.807) is 11.2 Å². The number of hydrogen-bond donors (Lipinski definition) is 1. The van der Waals surface area contributed by atoms with Crippen molar-refractivity contribution in [3.8, 4) is 0 Å². The number of rotatable bonds is 2. The average Bonchev–Trinajstić information content (AvgIpc) is 3.20. The summed E-state index contributed by atoms with van der Waals surface area (Å²) < 4.78 is 7.59. The van der Waals surface area contributed by atoms with Crippen LogP contribution >= 0.6 is 0 Å². The largest absolute Gasteiger partial charge is 0.366 e. The first-order chi connectivity index (χ1) is 11.6. The van der Waals surface area contributed by atoms with Gasteiger partial charge in [-0.2, -0.15) is 0 Å². The SMILES string of the molecule is Cc1ccc2cc(C(=O)N3CCO[C@@H](c4nncn4C)C3)[nH]c2c1. The molecule has 3 heterocycles. The molecule has 1 aliphatic rings. The Morgan fingerprint density at radius 1 is 1.38 bits per heavy atom. The molecule has 1 amide bonds. The minimum absolute atomic E-state index is 0.0145. The molecule has 124 valence electrons. The van der Waals surface area contributed by atoms with E-state index in [-0.39, 0.29) is 12.0 Å². The Kier molecular flexibility index (Phi) is 3.57. The van der Waals surface area contributed by atoms with Gasteiger partial charge in [0.15, 0.2) is 5.82 Å². The maximum Gasteiger partial charge on any atom is 0.270 e. The van der Waals surface area contributed by atoms with Gasteiger partial charge in [-0.05, 0) is 24.6 Å². The lowest BCUT2D eigenvalue weighted by Gasteiger charge is -2.32. The van der Waals surface area contributed by atoms with E-state index in [0.717, 1.165) is 22.3 Å². The van der Waals surface area contributed by atoms with Crippen LogP contribution in [0.4, 0.5) is 0 Å². The van der Waals surface area contributed by atoms with Crippen LogP contribution in [0.1, 0.15) is 28.0 Å². The van der Waals surface area contributed by atoms with Crippen LogP contribution in [0, 0.1) is 6.92 Å². The van der Waals surface area contributed by atoms with Crippen LogP contribution in [-0.2, 0) is 11.8 Å². The van der Waals surface area contributed by atoms with Gasteiger partial charge in [0.25, 0.3) is 5.91 Å². The third-order valence-corrected chi connectivity index (χ3v) is 4.40. The third kappa shape index (κ3) is 2.56. The minimum atomic E-state index is -0.248. The summed E-state index contributed by atoms with van der Waals surface area (Å²) in [6.45, 7) is 3.57. The van der Waals surface area contributed by atoms with Gasteiger partial charge in [0.05, 0.1) is 13.2 Å². The molecule has 1 atom stereocenters. The third-order valence-electron chi connectivity index (χ3n) is 4.40. The molecule has 1 N–H and O–H groups in total. The van der Waals surface area contributed by atoms with Crippen LogP contribution in [0.25, 0.3) is 10.9 Å². The summed E-state index contributed by atoms with van der Waals surface area (Å²) >= 11 is 0. The highest BCUT2D eigenvalue weighted by atomic mass is 16.5. The number of aryl methyl sites for hydroxylation is 2. The van der Waals surface area contributed by atoms with Crippen molar-refractivity contribution in [1.29, 1.82) is 0 Å². The molecule has 1 saturated heterocycles. The van der Waals surface area contributed by atoms with Crippen molar-refractivity contribution in [2.75, 3.05) is 19.7 Å². The zero-order chi connectivity index (χ0) is 16.7. The molecule has 3 aromatic rings. The summed E-state index contributed by atoms with van der Waals surface area (Å²) in [6, 6.07) is 8.03. The molecule has 0 radical (unpaired) electrons. The number of ether oxygens (including phenoxy) is 1. The van der Waals surface area contributed by atoms with E-state index < -0.39 is 0 Å². The van der Waals surface area contributed by atoms with Crippen LogP contribution in [0.5, 0.6) is 0 Å². The Morgan fingerprint density at radius 2 is 2.25 bits per heavy atom. The highest BCUT2D eigenvalue weighted by Crippen LogP contribution is 2.23. The number of amides is 1. The zero-order valence-corrected chi connectivity index (χ0v) is 13.7. The topological polar surface area (TPSA) is 76.0 Å². The number of aromatic amines is 1. The second kappa shape index (κ2) is 5.76. The fourth-order valence-corrected chi connectivity index (χ4v) is 3.10. The van der Waals surface area contributed by atoms with E-state index in [0.29, 0.717) is 25.4 Å². The van der Waals surface area contributed by atoms with Gasteiger partial charge in [0, 0.05) is 24.5 Å². The maximum absolute atomic E-state index is 12.9. The summed E-state index contributed by atoms with van der Waals surface area (Å²) in [6.07, 6.45) is 1.39. The molecule has 1 fully saturated rings. The van der Waals surface area contributed by atoms with Crippen LogP contribution in [0.15, 0.2) is 30.6 Å². The first kappa shape index (κ1) is 14.9. The molecule has 1 aromatic carbocycles. The summed E-state index contributed by atoms with van der Waals surface area (Å²) in [5.74, 6) is 0.721. The number of benzene rings is 1. The van der Waals surface area contributed by atoms with Crippen LogP contribution in [-0.4, -0.2) is 50.3 Å². The average molecular weight is 325 g/mol. The van der Waals surface area contributed by atoms with E-state index in [9.17, 15) is 4.79 Å². The van der Waals surface area contributed by atoms with Crippen molar-refractivity contribution in [3.63, 3.8) is 0 Å². The van der Waals surface area contributed by atoms with Gasteiger partial charge in [0.1, 0.15) is 18.1 Å². The highest BCUT2D eigenvalue weighted by Gasteiger charge is 2.29. The van der Waals surface area contributed by atoms with Crippen molar-refractivity contribution < 1.29 is 9.53 Å². The molecule has 24 heavy (non-hydrogen) atoms. The van der Waals surface area contributed by atoms with Gasteiger partial charge < -0.3 is 19.2 Å². The Bertz CT molecular complexity index is 897. The Hall–Kier alpha value is -2.67. The molecule has 7 nitrogen and oxygen atoms in total. The van der Waals surface area contributed by atoms with Crippen molar-refractivity contribution in [2.45, 2.75) is 13.0 Å². The number of fused-ring (bicyclic) bond motifs is 1. The van der Waals surface area contributed by atoms with Gasteiger partial charge in [0.2, 0.25) is 0 Å². The molecule has 0 bridgehead atoms. The molecule has 0 unspecified atom stereocenters. The molecule has 0 spiro atoms. The molecule has 4 rings (SSSR count). The van der Waals surface area contributed by atoms with Gasteiger partial charge in [-0.25, -0.2) is 0 Å². The minimum Gasteiger partial charge on any atom is -0.366 e. The number of carbonyl (C=O) groups excluding carboxylic acids is 1. The lowest BCUT2D eigenvalue weighted by molar-refractivity contribution is -0.0282. The van der Waals surface area contributed by atoms with Crippen molar-refractivity contribution in [1.82, 2.24) is 24.6 Å². The molecule has 1 aliphatic heterocycles. The summed E-state index contributed by atoms with van der Waals surface area (Å²) in [4.78, 5) is 17.9. The first-order valence-corrected chi connectivity index (χ1v) is 7.96. The fourth-order valence-electron chi connectivity index (χ4n) is 3.10. The van der Waals surface area contributed by atoms with Crippen LogP contribution < -0.4 is 0 Å². The van der Waals surface area contributed by atoms with Crippen LogP contribution in [0.3, 0.4) is 0 Å². The zero-order valence-electron chi connectivity index (χ0n) is 13.7. The van der Waals surface area contributed by atoms with E-state index in [1.807, 2.05) is 42.8 Å². The normalized spacial score (nSPS) is 18.2. The molecule has 0 saturated carbocycles. The van der Waals surface area contributed by atoms with Gasteiger partial charge in [-0.15, -0.1) is 10.2 Å². The van der Waals surface area contributed by atoms with E-state index >= 15 is 0 Å². The first-order valence-electron chi connectivity index (χ1n) is 7.96. The lowest BCUT2D eigenvalue weighted by atomic mass is 10.2. The number of morpholine rings is 1. The number of H-pyrrole nitrogens is 1. The highest BCUT2D eigenvalue weighted by molar-refractivity contribution is 5.98. The fraction of sp³-hybridized carbons (Fsp3) is 0.353. The second-order valence-corrected chi connectivity index (χ2v) is 6.18. The molecule has 0 aliphatic carbocycles. The Morgan fingerprint density at radius 3 is 3.04 bits per heavy atom. The van der Waals surface area contributed by atoms with E-state index in [2.05, 4.69) is 15.2 Å². The van der Waals surface area contributed by atoms with Gasteiger partial charge in [-0.3, -0.25) is 4.79 Å². The quantitative estimate of drug-likeness (QED) is 0.780. The summed E-state index contributed by atoms with van der Waals surface area (Å²) in [7, 11) is 1.87. The van der Waals surface area contributed by atoms with Crippen molar-refractivity contribution >= 4 is 16.8 Å². The molecule has 2 aromatic heterocycles. The van der Waals surface area contributed by atoms with Gasteiger partial charge >= 0.3 is 0 Å². The predicted molar refractivity (Wildman–Crippen MR) is 88.6 cm³/mol. The van der Waals surface area contributed by atoms with Gasteiger partial charge in [-0.1, -0.05) is 12.1 Å². The number of hydrogen-bond acceptors (Lipinski definition) is 4. The molecular weight excluding hydrogens is 306 g/mol. The maximum atomic E-state index is 12.9. The second-order valence-electron chi connectivity index (χ2n) is 6.18.